The van der Waals surface area contributed by atoms with Gasteiger partial charge in [0.05, 0.1) is 23.5 Å². The van der Waals surface area contributed by atoms with Crippen molar-refractivity contribution in [1.82, 2.24) is 39.5 Å². The molecule has 0 amide bonds. The molecule has 4 aromatic heterocycles. The monoisotopic (exact) mass is 651 g/mol. The molecule has 13 heteroatoms. The molecule has 248 valence electrons. The Kier molecular flexibility index (Phi) is 9.84. The average Bonchev–Trinajstić information content (AvgIpc) is 3.68. The van der Waals surface area contributed by atoms with Crippen LogP contribution < -0.4 is 5.73 Å². The van der Waals surface area contributed by atoms with E-state index in [1.807, 2.05) is 12.1 Å². The Balaban J connectivity index is 0.000000147. The number of fused-ring (bicyclic) bond motifs is 8. The number of aromatic nitrogens is 6. The first-order valence-electron chi connectivity index (χ1n) is 16.1. The highest BCUT2D eigenvalue weighted by Crippen LogP contribution is 2.45. The summed E-state index contributed by atoms with van der Waals surface area (Å²) in [5.41, 5.74) is 8.74. The summed E-state index contributed by atoms with van der Waals surface area (Å²) < 4.78 is 2.82. The highest BCUT2D eigenvalue weighted by atomic mass is 35.5. The Morgan fingerprint density at radius 3 is 1.72 bits per heavy atom. The maximum atomic E-state index is 12.9. The second-order valence-electron chi connectivity index (χ2n) is 13.9. The van der Waals surface area contributed by atoms with E-state index in [2.05, 4.69) is 57.9 Å². The number of carboxylic acids is 1. The Hall–Kier alpha value is -3.45. The zero-order valence-electron chi connectivity index (χ0n) is 27.1. The zero-order chi connectivity index (χ0) is 31.9. The molecule has 10 heterocycles. The summed E-state index contributed by atoms with van der Waals surface area (Å²) in [5.74, 6) is 1.14. The van der Waals surface area contributed by atoms with Gasteiger partial charge in [-0.3, -0.25) is 14.6 Å². The summed E-state index contributed by atoms with van der Waals surface area (Å²) in [7, 11) is 0. The normalized spacial score (nSPS) is 28.4. The number of nitrogens with two attached hydrogens (primary N) is 1. The molecule has 0 saturated carbocycles. The summed E-state index contributed by atoms with van der Waals surface area (Å²) in [6.07, 6.45) is 11.9. The first-order chi connectivity index (χ1) is 21.5. The van der Waals surface area contributed by atoms with Gasteiger partial charge in [0.2, 0.25) is 0 Å². The minimum absolute atomic E-state index is 0. The van der Waals surface area contributed by atoms with Crippen LogP contribution in [0.2, 0.25) is 0 Å². The van der Waals surface area contributed by atoms with Gasteiger partial charge in [-0.05, 0) is 122 Å². The van der Waals surface area contributed by atoms with Crippen LogP contribution in [0.5, 0.6) is 0 Å². The molecule has 6 saturated heterocycles. The lowest BCUT2D eigenvalue weighted by Gasteiger charge is -2.56. The number of piperidine rings is 6. The summed E-state index contributed by atoms with van der Waals surface area (Å²) >= 11 is 0. The fraction of sp³-hybridized carbons (Fsp3) is 0.576. The average molecular weight is 652 g/mol. The molecule has 4 aromatic rings. The number of aromatic carboxylic acids is 1. The predicted molar refractivity (Wildman–Crippen MR) is 177 cm³/mol. The number of rotatable bonds is 4. The van der Waals surface area contributed by atoms with Crippen LogP contribution in [0.1, 0.15) is 80.5 Å². The Labute approximate surface area is 275 Å². The summed E-state index contributed by atoms with van der Waals surface area (Å²) in [6.45, 7) is 14.1. The molecule has 0 spiro atoms. The largest absolute Gasteiger partial charge is 0.478 e. The smallest absolute Gasteiger partial charge is 0.339 e. The van der Waals surface area contributed by atoms with E-state index in [0.717, 1.165) is 11.4 Å². The molecule has 6 aliphatic rings. The molecule has 12 nitrogen and oxygen atoms in total. The quantitative estimate of drug-likeness (QED) is 0.309. The van der Waals surface area contributed by atoms with E-state index in [1.54, 1.807) is 30.7 Å². The molecule has 0 unspecified atom stereocenters. The predicted octanol–water partition coefficient (Wildman–Crippen LogP) is 4.09. The fourth-order valence-corrected chi connectivity index (χ4v) is 8.08. The number of hydrogen-bond acceptors (Lipinski definition) is 9. The summed E-state index contributed by atoms with van der Waals surface area (Å²) in [6, 6.07) is 7.50. The molecule has 6 aliphatic heterocycles. The molecule has 0 aromatic carbocycles. The molecule has 6 fully saturated rings. The van der Waals surface area contributed by atoms with E-state index < -0.39 is 5.97 Å². The van der Waals surface area contributed by atoms with Crippen LogP contribution >= 0.6 is 12.4 Å². The lowest BCUT2D eigenvalue weighted by molar-refractivity contribution is -0.0643. The maximum absolute atomic E-state index is 12.9. The van der Waals surface area contributed by atoms with Crippen molar-refractivity contribution in [3.05, 3.63) is 60.2 Å². The standard InChI is InChI=1S/C17H22N4O.C9H18N2.C7H5N3O2.ClH/c1-17(2)14(12-5-8-20(17)9-6-12)10-16(22)13-11-19-21-15(13)4-3-7-18-21;1-9(2)8(10)7-3-5-11(9)6-4-7;11-7(12)5-4-9-10-6(5)2-1-3-8-10;/h3-4,7,11-12,14H,5-6,8-10H2,1-2H3;7-8H,3-6,10H2,1-2H3;1-4H,(H,11,12);1H/t14-;8-;;/m11../s1. The Morgan fingerprint density at radius 1 is 0.783 bits per heavy atom. The fourth-order valence-electron chi connectivity index (χ4n) is 8.08. The number of Topliss-reactive ketones (excluding diaryl/α,β-unsaturated/α-hetero) is 1. The first-order valence-corrected chi connectivity index (χ1v) is 16.1. The maximum Gasteiger partial charge on any atom is 0.339 e. The highest BCUT2D eigenvalue weighted by molar-refractivity contribution is 6.02. The molecule has 2 atom stereocenters. The van der Waals surface area contributed by atoms with Gasteiger partial charge in [0.25, 0.3) is 0 Å². The number of carbonyl (C=O) groups is 2. The van der Waals surface area contributed by atoms with Crippen molar-refractivity contribution in [2.75, 3.05) is 26.2 Å². The molecule has 4 bridgehead atoms. The van der Waals surface area contributed by atoms with Crippen molar-refractivity contribution in [2.24, 2.45) is 23.5 Å². The van der Waals surface area contributed by atoms with E-state index in [-0.39, 0.29) is 34.8 Å². The van der Waals surface area contributed by atoms with Crippen LogP contribution in [0.4, 0.5) is 0 Å². The molecule has 0 aliphatic carbocycles. The van der Waals surface area contributed by atoms with Gasteiger partial charge in [-0.15, -0.1) is 12.4 Å². The van der Waals surface area contributed by atoms with Crippen molar-refractivity contribution in [3.8, 4) is 0 Å². The second kappa shape index (κ2) is 13.3. The minimum atomic E-state index is -0.988. The van der Waals surface area contributed by atoms with E-state index in [1.165, 1.54) is 67.3 Å². The van der Waals surface area contributed by atoms with Crippen molar-refractivity contribution < 1.29 is 14.7 Å². The number of carboxylic acid groups (broad SMARTS) is 1. The minimum Gasteiger partial charge on any atom is -0.478 e. The third-order valence-electron chi connectivity index (χ3n) is 11.1. The Morgan fingerprint density at radius 2 is 1.26 bits per heavy atom. The van der Waals surface area contributed by atoms with Gasteiger partial charge >= 0.3 is 5.97 Å². The summed E-state index contributed by atoms with van der Waals surface area (Å²) in [4.78, 5) is 28.5. The van der Waals surface area contributed by atoms with Gasteiger partial charge in [0, 0.05) is 35.9 Å². The van der Waals surface area contributed by atoms with Crippen molar-refractivity contribution >= 4 is 35.2 Å². The van der Waals surface area contributed by atoms with Gasteiger partial charge in [-0.25, -0.2) is 4.79 Å². The number of halogens is 1. The van der Waals surface area contributed by atoms with Crippen molar-refractivity contribution in [3.63, 3.8) is 0 Å². The van der Waals surface area contributed by atoms with E-state index >= 15 is 0 Å². The van der Waals surface area contributed by atoms with Gasteiger partial charge in [0.15, 0.2) is 5.78 Å². The van der Waals surface area contributed by atoms with E-state index in [0.29, 0.717) is 35.4 Å². The molecule has 3 N–H and O–H groups in total. The second-order valence-corrected chi connectivity index (χ2v) is 13.9. The number of nitrogens with zero attached hydrogens (tertiary/aromatic N) is 8. The van der Waals surface area contributed by atoms with Crippen LogP contribution in [-0.2, 0) is 0 Å². The lowest BCUT2D eigenvalue weighted by Crippen LogP contribution is -2.67. The number of carbonyl (C=O) groups excluding carboxylic acids is 1. The van der Waals surface area contributed by atoms with Gasteiger partial charge < -0.3 is 10.8 Å². The molecular formula is C33H46ClN9O3. The first kappa shape index (κ1) is 33.9. The van der Waals surface area contributed by atoms with Gasteiger partial charge in [-0.1, -0.05) is 0 Å². The zero-order valence-corrected chi connectivity index (χ0v) is 27.9. The van der Waals surface area contributed by atoms with Gasteiger partial charge in [0.1, 0.15) is 11.1 Å². The van der Waals surface area contributed by atoms with Crippen LogP contribution in [-0.4, -0.2) is 99.6 Å². The topological polar surface area (TPSA) is 147 Å². The number of ketones is 1. The van der Waals surface area contributed by atoms with Gasteiger partial charge in [-0.2, -0.15) is 29.7 Å². The van der Waals surface area contributed by atoms with E-state index in [9.17, 15) is 9.59 Å². The highest BCUT2D eigenvalue weighted by Gasteiger charge is 2.48. The molecule has 0 radical (unpaired) electrons. The van der Waals surface area contributed by atoms with Crippen LogP contribution in [0.25, 0.3) is 11.0 Å². The molecule has 10 rings (SSSR count). The SMILES string of the molecule is CC1(C)[C@H](CC(=O)c2cnn3ncccc23)C2CCN1CC2.CC1(C)[C@H](N)C2CCN1CC2.Cl.O=C(O)c1cnn2ncccc12. The van der Waals surface area contributed by atoms with Crippen LogP contribution in [0.3, 0.4) is 0 Å². The summed E-state index contributed by atoms with van der Waals surface area (Å²) in [5, 5.41) is 24.6. The van der Waals surface area contributed by atoms with Crippen LogP contribution in [0.15, 0.2) is 49.1 Å². The van der Waals surface area contributed by atoms with Crippen molar-refractivity contribution in [1.29, 1.82) is 0 Å². The number of hydrogen-bond donors (Lipinski definition) is 2. The van der Waals surface area contributed by atoms with Crippen molar-refractivity contribution in [2.45, 2.75) is 76.9 Å². The van der Waals surface area contributed by atoms with E-state index in [4.69, 9.17) is 10.8 Å². The third-order valence-corrected chi connectivity index (χ3v) is 11.1. The van der Waals surface area contributed by atoms with Crippen LogP contribution in [0, 0.1) is 17.8 Å². The lowest BCUT2D eigenvalue weighted by atomic mass is 9.65. The Bertz CT molecular complexity index is 1660. The third kappa shape index (κ3) is 6.27. The molecular weight excluding hydrogens is 606 g/mol. The molecule has 46 heavy (non-hydrogen) atoms.